The predicted molar refractivity (Wildman–Crippen MR) is 170 cm³/mol. The zero-order valence-corrected chi connectivity index (χ0v) is 29.2. The second kappa shape index (κ2) is 16.8. The predicted octanol–water partition coefficient (Wildman–Crippen LogP) is 1.77. The zero-order valence-electron chi connectivity index (χ0n) is 29.2. The van der Waals surface area contributed by atoms with Gasteiger partial charge in [-0.2, -0.15) is 0 Å². The van der Waals surface area contributed by atoms with E-state index in [2.05, 4.69) is 16.0 Å². The molecule has 1 aliphatic heterocycles. The first-order valence-electron chi connectivity index (χ1n) is 15.9. The molecule has 1 aliphatic rings. The molecule has 12 heteroatoms. The smallest absolute Gasteiger partial charge is 0.245 e. The Labute approximate surface area is 264 Å². The lowest BCUT2D eigenvalue weighted by atomic mass is 9.97. The van der Waals surface area contributed by atoms with Gasteiger partial charge in [-0.05, 0) is 56.8 Å². The fraction of sp³-hybridized carbons (Fsp3) is 0.812. The Morgan fingerprint density at radius 2 is 0.977 bits per heavy atom. The van der Waals surface area contributed by atoms with Crippen LogP contribution in [-0.4, -0.2) is 108 Å². The number of nitrogens with zero attached hydrogens (tertiary/aromatic N) is 3. The van der Waals surface area contributed by atoms with Gasteiger partial charge in [0.05, 0.1) is 0 Å². The van der Waals surface area contributed by atoms with Gasteiger partial charge in [0, 0.05) is 21.1 Å². The Hall–Kier alpha value is -3.18. The quantitative estimate of drug-likeness (QED) is 0.394. The van der Waals surface area contributed by atoms with Crippen molar-refractivity contribution >= 4 is 35.4 Å². The number of likely N-dealkylation sites (N-methyl/N-ethyl adjacent to an activating group) is 3. The lowest BCUT2D eigenvalue weighted by Crippen LogP contribution is -2.62. The number of carbonyl (C=O) groups excluding carboxylic acids is 6. The molecule has 0 aromatic heterocycles. The molecule has 1 rings (SSSR count). The summed E-state index contributed by atoms with van der Waals surface area (Å²) in [7, 11) is 4.55. The topological polar surface area (TPSA) is 148 Å². The van der Waals surface area contributed by atoms with Gasteiger partial charge in [0.15, 0.2) is 0 Å². The molecule has 252 valence electrons. The molecule has 0 spiro atoms. The zero-order chi connectivity index (χ0) is 34.2. The molecule has 0 aromatic carbocycles. The minimum atomic E-state index is -1.01. The largest absolute Gasteiger partial charge is 0.343 e. The third kappa shape index (κ3) is 10.5. The number of rotatable bonds is 7. The molecule has 1 heterocycles. The Morgan fingerprint density at radius 3 is 1.41 bits per heavy atom. The number of carbonyl (C=O) groups is 6. The highest BCUT2D eigenvalue weighted by Crippen LogP contribution is 2.19. The van der Waals surface area contributed by atoms with E-state index < -0.39 is 71.7 Å². The van der Waals surface area contributed by atoms with Crippen molar-refractivity contribution in [3.8, 4) is 0 Å². The SMILES string of the molecule is CC(C)C[C@@H]1NC(=O)[C@H](CC(C)C)N(C)C(=O)[C@H](C)N(C)C(=O)[C@H](C(C)C)NC(=O)[C@H](C)NC(=O)[C@H](CC(C)C)N(C)C1=O. The van der Waals surface area contributed by atoms with Crippen LogP contribution in [0.5, 0.6) is 0 Å². The highest BCUT2D eigenvalue weighted by molar-refractivity contribution is 5.98. The third-order valence-electron chi connectivity index (χ3n) is 8.22. The fourth-order valence-electron chi connectivity index (χ4n) is 5.33. The molecule has 44 heavy (non-hydrogen) atoms. The first kappa shape index (κ1) is 38.8. The van der Waals surface area contributed by atoms with Gasteiger partial charge in [-0.25, -0.2) is 0 Å². The molecular formula is C32H58N6O6. The van der Waals surface area contributed by atoms with E-state index in [0.29, 0.717) is 19.3 Å². The van der Waals surface area contributed by atoms with Crippen molar-refractivity contribution < 1.29 is 28.8 Å². The first-order valence-corrected chi connectivity index (χ1v) is 15.9. The second-order valence-electron chi connectivity index (χ2n) is 14.0. The molecular weight excluding hydrogens is 564 g/mol. The van der Waals surface area contributed by atoms with Crippen LogP contribution in [0.15, 0.2) is 0 Å². The Balaban J connectivity index is 3.76. The second-order valence-corrected chi connectivity index (χ2v) is 14.0. The van der Waals surface area contributed by atoms with E-state index in [1.807, 2.05) is 41.5 Å². The summed E-state index contributed by atoms with van der Waals surface area (Å²) in [5.41, 5.74) is 0. The third-order valence-corrected chi connectivity index (χ3v) is 8.22. The highest BCUT2D eigenvalue weighted by Gasteiger charge is 2.39. The van der Waals surface area contributed by atoms with Gasteiger partial charge in [0.2, 0.25) is 35.4 Å². The van der Waals surface area contributed by atoms with E-state index in [9.17, 15) is 28.8 Å². The van der Waals surface area contributed by atoms with E-state index in [4.69, 9.17) is 0 Å². The molecule has 0 radical (unpaired) electrons. The summed E-state index contributed by atoms with van der Waals surface area (Å²) < 4.78 is 0. The van der Waals surface area contributed by atoms with Crippen LogP contribution < -0.4 is 16.0 Å². The summed E-state index contributed by atoms with van der Waals surface area (Å²) in [6.45, 7) is 18.3. The Morgan fingerprint density at radius 1 is 0.545 bits per heavy atom. The molecule has 0 saturated carbocycles. The van der Waals surface area contributed by atoms with E-state index >= 15 is 0 Å². The summed E-state index contributed by atoms with van der Waals surface area (Å²) in [6, 6.07) is -5.67. The van der Waals surface area contributed by atoms with Crippen LogP contribution in [0.1, 0.15) is 88.5 Å². The Bertz CT molecular complexity index is 1040. The minimum Gasteiger partial charge on any atom is -0.343 e. The molecule has 0 aliphatic carbocycles. The maximum atomic E-state index is 14.0. The molecule has 6 amide bonds. The van der Waals surface area contributed by atoms with Gasteiger partial charge >= 0.3 is 0 Å². The monoisotopic (exact) mass is 622 g/mol. The molecule has 1 saturated heterocycles. The van der Waals surface area contributed by atoms with Crippen LogP contribution in [0.25, 0.3) is 0 Å². The molecule has 12 nitrogen and oxygen atoms in total. The van der Waals surface area contributed by atoms with E-state index in [-0.39, 0.29) is 23.7 Å². The van der Waals surface area contributed by atoms with Crippen LogP contribution in [0, 0.1) is 23.7 Å². The number of amides is 6. The van der Waals surface area contributed by atoms with Gasteiger partial charge < -0.3 is 30.7 Å². The van der Waals surface area contributed by atoms with Crippen LogP contribution in [-0.2, 0) is 28.8 Å². The fourth-order valence-corrected chi connectivity index (χ4v) is 5.33. The molecule has 0 unspecified atom stereocenters. The summed E-state index contributed by atoms with van der Waals surface area (Å²) in [5, 5.41) is 8.37. The molecule has 6 atom stereocenters. The molecule has 0 bridgehead atoms. The van der Waals surface area contributed by atoms with Gasteiger partial charge in [0.1, 0.15) is 36.3 Å². The van der Waals surface area contributed by atoms with Crippen molar-refractivity contribution in [2.24, 2.45) is 23.7 Å². The van der Waals surface area contributed by atoms with E-state index in [1.165, 1.54) is 42.8 Å². The van der Waals surface area contributed by atoms with Crippen LogP contribution >= 0.6 is 0 Å². The van der Waals surface area contributed by atoms with Crippen LogP contribution in [0.3, 0.4) is 0 Å². The van der Waals surface area contributed by atoms with Gasteiger partial charge in [-0.15, -0.1) is 0 Å². The summed E-state index contributed by atoms with van der Waals surface area (Å²) in [4.78, 5) is 85.9. The highest BCUT2D eigenvalue weighted by atomic mass is 16.2. The van der Waals surface area contributed by atoms with Crippen molar-refractivity contribution in [3.63, 3.8) is 0 Å². The number of nitrogens with one attached hydrogen (secondary N) is 3. The number of hydrogen-bond donors (Lipinski definition) is 3. The lowest BCUT2D eigenvalue weighted by Gasteiger charge is -2.37. The maximum Gasteiger partial charge on any atom is 0.245 e. The summed E-state index contributed by atoms with van der Waals surface area (Å²) in [6.07, 6.45) is 0.978. The first-order chi connectivity index (χ1) is 20.2. The normalized spacial score (nSPS) is 27.6. The van der Waals surface area contributed by atoms with Gasteiger partial charge in [-0.1, -0.05) is 55.4 Å². The minimum absolute atomic E-state index is 0.0353. The van der Waals surface area contributed by atoms with E-state index in [0.717, 1.165) is 0 Å². The van der Waals surface area contributed by atoms with Crippen molar-refractivity contribution in [1.29, 1.82) is 0 Å². The molecule has 3 N–H and O–H groups in total. The standard InChI is InChI=1S/C32H58N6O6/c1-17(2)14-23-31(43)38(13)24(15-18(3)4)28(40)33-21(9)27(39)35-26(20(7)8)32(44)36(11)22(10)30(42)37(12)25(16-19(5)6)29(41)34-23/h17-26H,14-16H2,1-13H3,(H,33,40)(H,34,41)(H,35,39)/t21-,22-,23-,24-,25-,26-/m0/s1. The van der Waals surface area contributed by atoms with Crippen LogP contribution in [0.2, 0.25) is 0 Å². The average molecular weight is 623 g/mol. The lowest BCUT2D eigenvalue weighted by molar-refractivity contribution is -0.150. The number of hydrogen-bond acceptors (Lipinski definition) is 6. The van der Waals surface area contributed by atoms with Gasteiger partial charge in [-0.3, -0.25) is 28.8 Å². The van der Waals surface area contributed by atoms with Crippen molar-refractivity contribution in [2.75, 3.05) is 21.1 Å². The molecule has 1 fully saturated rings. The molecule has 0 aromatic rings. The van der Waals surface area contributed by atoms with Crippen molar-refractivity contribution in [2.45, 2.75) is 125 Å². The summed E-state index contributed by atoms with van der Waals surface area (Å²) in [5.74, 6) is -3.09. The van der Waals surface area contributed by atoms with Gasteiger partial charge in [0.25, 0.3) is 0 Å². The maximum absolute atomic E-state index is 14.0. The Kier molecular flexibility index (Phi) is 14.8. The average Bonchev–Trinajstić information content (AvgIpc) is 2.92. The van der Waals surface area contributed by atoms with E-state index in [1.54, 1.807) is 20.8 Å². The summed E-state index contributed by atoms with van der Waals surface area (Å²) >= 11 is 0. The van der Waals surface area contributed by atoms with Crippen molar-refractivity contribution in [3.05, 3.63) is 0 Å². The van der Waals surface area contributed by atoms with Crippen molar-refractivity contribution in [1.82, 2.24) is 30.7 Å². The van der Waals surface area contributed by atoms with Crippen LogP contribution in [0.4, 0.5) is 0 Å².